The number of carboxylic acid groups (broad SMARTS) is 1. The molecule has 2 aromatic rings. The number of hydrogen-bond acceptors (Lipinski definition) is 3. The van der Waals surface area contributed by atoms with Crippen molar-refractivity contribution >= 4 is 5.97 Å². The zero-order chi connectivity index (χ0) is 14.8. The summed E-state index contributed by atoms with van der Waals surface area (Å²) in [5.74, 6) is -1.05. The van der Waals surface area contributed by atoms with Gasteiger partial charge in [0.1, 0.15) is 6.26 Å². The van der Waals surface area contributed by atoms with E-state index in [0.29, 0.717) is 0 Å². The van der Waals surface area contributed by atoms with Crippen molar-refractivity contribution in [2.75, 3.05) is 0 Å². The van der Waals surface area contributed by atoms with Crippen LogP contribution in [0.3, 0.4) is 0 Å². The summed E-state index contributed by atoms with van der Waals surface area (Å²) in [6, 6.07) is 5.03. The van der Waals surface area contributed by atoms with Crippen LogP contribution in [0.15, 0.2) is 35.1 Å². The molecule has 7 heteroatoms. The first-order valence-electron chi connectivity index (χ1n) is 5.71. The van der Waals surface area contributed by atoms with Crippen LogP contribution < -0.4 is 0 Å². The SMILES string of the molecule is O=C(O)CCc1nocc1-c1ccccc1C(F)(F)F. The van der Waals surface area contributed by atoms with E-state index in [1.165, 1.54) is 18.2 Å². The number of rotatable bonds is 4. The van der Waals surface area contributed by atoms with E-state index >= 15 is 0 Å². The Hall–Kier alpha value is -2.31. The van der Waals surface area contributed by atoms with E-state index in [9.17, 15) is 18.0 Å². The molecule has 0 aliphatic heterocycles. The first-order chi connectivity index (χ1) is 9.39. The molecule has 4 nitrogen and oxygen atoms in total. The molecular weight excluding hydrogens is 275 g/mol. The van der Waals surface area contributed by atoms with Crippen molar-refractivity contribution in [2.24, 2.45) is 0 Å². The quantitative estimate of drug-likeness (QED) is 0.935. The molecule has 0 atom stereocenters. The maximum absolute atomic E-state index is 12.9. The minimum absolute atomic E-state index is 0.00730. The Morgan fingerprint density at radius 3 is 2.60 bits per heavy atom. The van der Waals surface area contributed by atoms with Crippen molar-refractivity contribution in [2.45, 2.75) is 19.0 Å². The third kappa shape index (κ3) is 2.98. The van der Waals surface area contributed by atoms with E-state index in [1.807, 2.05) is 0 Å². The van der Waals surface area contributed by atoms with Gasteiger partial charge in [-0.05, 0) is 11.6 Å². The molecule has 0 radical (unpaired) electrons. The van der Waals surface area contributed by atoms with Gasteiger partial charge in [0.25, 0.3) is 0 Å². The largest absolute Gasteiger partial charge is 0.481 e. The van der Waals surface area contributed by atoms with Gasteiger partial charge < -0.3 is 9.63 Å². The van der Waals surface area contributed by atoms with Gasteiger partial charge in [0.05, 0.1) is 17.7 Å². The van der Waals surface area contributed by atoms with E-state index in [2.05, 4.69) is 9.68 Å². The maximum atomic E-state index is 12.9. The van der Waals surface area contributed by atoms with Crippen molar-refractivity contribution < 1.29 is 27.6 Å². The fourth-order valence-corrected chi connectivity index (χ4v) is 1.85. The molecule has 0 amide bonds. The van der Waals surface area contributed by atoms with Crippen molar-refractivity contribution in [3.05, 3.63) is 41.8 Å². The van der Waals surface area contributed by atoms with E-state index < -0.39 is 17.7 Å². The topological polar surface area (TPSA) is 63.3 Å². The number of benzene rings is 1. The highest BCUT2D eigenvalue weighted by Gasteiger charge is 2.34. The summed E-state index contributed by atoms with van der Waals surface area (Å²) >= 11 is 0. The summed E-state index contributed by atoms with van der Waals surface area (Å²) in [6.07, 6.45) is -3.62. The van der Waals surface area contributed by atoms with Crippen LogP contribution in [0.5, 0.6) is 0 Å². The first-order valence-corrected chi connectivity index (χ1v) is 5.71. The van der Waals surface area contributed by atoms with E-state index in [1.54, 1.807) is 0 Å². The number of alkyl halides is 3. The maximum Gasteiger partial charge on any atom is 0.417 e. The predicted molar refractivity (Wildman–Crippen MR) is 62.9 cm³/mol. The molecule has 0 aliphatic carbocycles. The lowest BCUT2D eigenvalue weighted by Gasteiger charge is -2.11. The normalized spacial score (nSPS) is 11.6. The van der Waals surface area contributed by atoms with Crippen LogP contribution in [-0.2, 0) is 17.4 Å². The second-order valence-electron chi connectivity index (χ2n) is 4.11. The summed E-state index contributed by atoms with van der Waals surface area (Å²) in [5.41, 5.74) is -0.510. The standard InChI is InChI=1S/C13H10F3NO3/c14-13(15,16)10-4-2-1-3-8(10)9-7-20-17-11(9)5-6-12(18)19/h1-4,7H,5-6H2,(H,18,19). The average molecular weight is 285 g/mol. The number of hydrogen-bond donors (Lipinski definition) is 1. The van der Waals surface area contributed by atoms with E-state index in [-0.39, 0.29) is 29.7 Å². The van der Waals surface area contributed by atoms with E-state index in [0.717, 1.165) is 12.3 Å². The fraction of sp³-hybridized carbons (Fsp3) is 0.231. The number of aryl methyl sites for hydroxylation is 1. The summed E-state index contributed by atoms with van der Waals surface area (Å²) < 4.78 is 43.5. The van der Waals surface area contributed by atoms with Crippen LogP contribution >= 0.6 is 0 Å². The molecule has 0 unspecified atom stereocenters. The second kappa shape index (κ2) is 5.36. The summed E-state index contributed by atoms with van der Waals surface area (Å²) in [7, 11) is 0. The van der Waals surface area contributed by atoms with Gasteiger partial charge in [0, 0.05) is 12.0 Å². The van der Waals surface area contributed by atoms with Crippen LogP contribution in [0.25, 0.3) is 11.1 Å². The zero-order valence-corrected chi connectivity index (χ0v) is 10.1. The molecule has 1 aromatic heterocycles. The Morgan fingerprint density at radius 2 is 1.95 bits per heavy atom. The lowest BCUT2D eigenvalue weighted by Crippen LogP contribution is -2.07. The van der Waals surface area contributed by atoms with Crippen molar-refractivity contribution in [1.29, 1.82) is 0 Å². The van der Waals surface area contributed by atoms with Gasteiger partial charge in [-0.2, -0.15) is 13.2 Å². The number of aliphatic carboxylic acids is 1. The Balaban J connectivity index is 2.43. The van der Waals surface area contributed by atoms with Crippen LogP contribution in [0.2, 0.25) is 0 Å². The van der Waals surface area contributed by atoms with Crippen LogP contribution in [0.4, 0.5) is 13.2 Å². The molecule has 1 aromatic carbocycles. The molecule has 0 bridgehead atoms. The van der Waals surface area contributed by atoms with Crippen molar-refractivity contribution in [3.8, 4) is 11.1 Å². The van der Waals surface area contributed by atoms with E-state index in [4.69, 9.17) is 5.11 Å². The molecule has 0 aliphatic rings. The third-order valence-corrected chi connectivity index (χ3v) is 2.74. The van der Waals surface area contributed by atoms with Crippen LogP contribution in [-0.4, -0.2) is 16.2 Å². The highest BCUT2D eigenvalue weighted by Crippen LogP contribution is 2.38. The minimum Gasteiger partial charge on any atom is -0.481 e. The molecular formula is C13H10F3NO3. The predicted octanol–water partition coefficient (Wildman–Crippen LogP) is 3.38. The van der Waals surface area contributed by atoms with Gasteiger partial charge >= 0.3 is 12.1 Å². The number of aromatic nitrogens is 1. The molecule has 0 spiro atoms. The summed E-state index contributed by atoms with van der Waals surface area (Å²) in [6.45, 7) is 0. The van der Waals surface area contributed by atoms with Gasteiger partial charge in [-0.3, -0.25) is 4.79 Å². The lowest BCUT2D eigenvalue weighted by atomic mass is 9.98. The molecule has 0 saturated heterocycles. The molecule has 1 N–H and O–H groups in total. The molecule has 0 saturated carbocycles. The first kappa shape index (κ1) is 14.1. The number of carbonyl (C=O) groups is 1. The summed E-state index contributed by atoms with van der Waals surface area (Å²) in [4.78, 5) is 10.5. The van der Waals surface area contributed by atoms with Gasteiger partial charge in [-0.1, -0.05) is 23.4 Å². The van der Waals surface area contributed by atoms with Gasteiger partial charge in [0.15, 0.2) is 0 Å². The molecule has 1 heterocycles. The third-order valence-electron chi connectivity index (χ3n) is 2.74. The van der Waals surface area contributed by atoms with Gasteiger partial charge in [-0.25, -0.2) is 0 Å². The molecule has 0 fully saturated rings. The molecule has 2 rings (SSSR count). The van der Waals surface area contributed by atoms with Gasteiger partial charge in [-0.15, -0.1) is 0 Å². The number of nitrogens with zero attached hydrogens (tertiary/aromatic N) is 1. The monoisotopic (exact) mass is 285 g/mol. The van der Waals surface area contributed by atoms with Crippen LogP contribution in [0.1, 0.15) is 17.7 Å². The zero-order valence-electron chi connectivity index (χ0n) is 10.1. The smallest absolute Gasteiger partial charge is 0.417 e. The second-order valence-corrected chi connectivity index (χ2v) is 4.11. The summed E-state index contributed by atoms with van der Waals surface area (Å²) in [5, 5.41) is 12.2. The van der Waals surface area contributed by atoms with Crippen LogP contribution in [0, 0.1) is 0 Å². The lowest BCUT2D eigenvalue weighted by molar-refractivity contribution is -0.138. The average Bonchev–Trinajstić information content (AvgIpc) is 2.83. The Morgan fingerprint density at radius 1 is 1.25 bits per heavy atom. The minimum atomic E-state index is -4.50. The number of carboxylic acids is 1. The molecule has 20 heavy (non-hydrogen) atoms. The van der Waals surface area contributed by atoms with Crippen molar-refractivity contribution in [3.63, 3.8) is 0 Å². The Bertz CT molecular complexity index is 619. The highest BCUT2D eigenvalue weighted by molar-refractivity contribution is 5.71. The van der Waals surface area contributed by atoms with Gasteiger partial charge in [0.2, 0.25) is 0 Å². The van der Waals surface area contributed by atoms with Crippen molar-refractivity contribution in [1.82, 2.24) is 5.16 Å². The Labute approximate surface area is 111 Å². The fourth-order valence-electron chi connectivity index (χ4n) is 1.85. The Kier molecular flexibility index (Phi) is 3.78. The number of halogens is 3. The molecule has 106 valence electrons. The highest BCUT2D eigenvalue weighted by atomic mass is 19.4.